The minimum Gasteiger partial charge on any atom is -0.494 e. The zero-order valence-electron chi connectivity index (χ0n) is 10.6. The summed E-state index contributed by atoms with van der Waals surface area (Å²) in [5, 5.41) is 0. The van der Waals surface area contributed by atoms with Crippen molar-refractivity contribution in [3.8, 4) is 5.75 Å². The van der Waals surface area contributed by atoms with Crippen LogP contribution in [0.3, 0.4) is 0 Å². The van der Waals surface area contributed by atoms with Crippen molar-refractivity contribution < 1.29 is 4.74 Å². The summed E-state index contributed by atoms with van der Waals surface area (Å²) < 4.78 is 7.53. The summed E-state index contributed by atoms with van der Waals surface area (Å²) in [6, 6.07) is 13.7. The second-order valence-corrected chi connectivity index (χ2v) is 5.92. The van der Waals surface area contributed by atoms with Crippen LogP contribution >= 0.6 is 31.9 Å². The Morgan fingerprint density at radius 3 is 2.68 bits per heavy atom. The van der Waals surface area contributed by atoms with Gasteiger partial charge in [-0.3, -0.25) is 0 Å². The van der Waals surface area contributed by atoms with E-state index in [-0.39, 0.29) is 6.04 Å². The molecule has 2 aromatic rings. The minimum atomic E-state index is -0.188. The second-order valence-electron chi connectivity index (χ2n) is 4.15. The predicted molar refractivity (Wildman–Crippen MR) is 85.5 cm³/mol. The normalized spacial score (nSPS) is 12.2. The average Bonchev–Trinajstić information content (AvgIpc) is 2.41. The third-order valence-corrected chi connectivity index (χ3v) is 4.04. The Balaban J connectivity index is 2.35. The van der Waals surface area contributed by atoms with Gasteiger partial charge < -0.3 is 10.5 Å². The Kier molecular flexibility index (Phi) is 5.02. The highest BCUT2D eigenvalue weighted by molar-refractivity contribution is 9.11. The van der Waals surface area contributed by atoms with Crippen LogP contribution in [0.25, 0.3) is 0 Å². The van der Waals surface area contributed by atoms with E-state index in [0.717, 1.165) is 25.8 Å². The molecule has 19 heavy (non-hydrogen) atoms. The standard InChI is InChI=1S/C15H15Br2NO/c1-2-19-12-5-3-4-10(8-12)15(18)13-9-11(16)6-7-14(13)17/h3-9,15H,2,18H2,1H3. The highest BCUT2D eigenvalue weighted by Gasteiger charge is 2.13. The number of nitrogens with two attached hydrogens (primary N) is 1. The molecular weight excluding hydrogens is 370 g/mol. The fraction of sp³-hybridized carbons (Fsp3) is 0.200. The molecule has 0 bridgehead atoms. The van der Waals surface area contributed by atoms with Crippen molar-refractivity contribution in [2.45, 2.75) is 13.0 Å². The molecule has 2 aromatic carbocycles. The summed E-state index contributed by atoms with van der Waals surface area (Å²) >= 11 is 7.02. The van der Waals surface area contributed by atoms with E-state index in [1.165, 1.54) is 0 Å². The summed E-state index contributed by atoms with van der Waals surface area (Å²) in [6.45, 7) is 2.62. The van der Waals surface area contributed by atoms with E-state index in [4.69, 9.17) is 10.5 Å². The molecule has 0 fully saturated rings. The molecule has 1 atom stereocenters. The maximum Gasteiger partial charge on any atom is 0.119 e. The number of hydrogen-bond acceptors (Lipinski definition) is 2. The Morgan fingerprint density at radius 1 is 1.16 bits per heavy atom. The summed E-state index contributed by atoms with van der Waals surface area (Å²) in [4.78, 5) is 0. The van der Waals surface area contributed by atoms with Crippen molar-refractivity contribution in [3.63, 3.8) is 0 Å². The topological polar surface area (TPSA) is 35.2 Å². The van der Waals surface area contributed by atoms with Gasteiger partial charge in [0.15, 0.2) is 0 Å². The van der Waals surface area contributed by atoms with Gasteiger partial charge in [0, 0.05) is 8.95 Å². The van der Waals surface area contributed by atoms with E-state index in [0.29, 0.717) is 6.61 Å². The molecule has 0 radical (unpaired) electrons. The van der Waals surface area contributed by atoms with Crippen LogP contribution in [-0.2, 0) is 0 Å². The summed E-state index contributed by atoms with van der Waals surface area (Å²) in [6.07, 6.45) is 0. The van der Waals surface area contributed by atoms with Gasteiger partial charge in [-0.15, -0.1) is 0 Å². The quantitative estimate of drug-likeness (QED) is 0.831. The molecule has 0 amide bonds. The third kappa shape index (κ3) is 3.59. The lowest BCUT2D eigenvalue weighted by molar-refractivity contribution is 0.340. The van der Waals surface area contributed by atoms with E-state index < -0.39 is 0 Å². The maximum atomic E-state index is 6.34. The number of halogens is 2. The van der Waals surface area contributed by atoms with Gasteiger partial charge in [0.2, 0.25) is 0 Å². The first-order chi connectivity index (χ1) is 9.11. The SMILES string of the molecule is CCOc1cccc(C(N)c2cc(Br)ccc2Br)c1. The van der Waals surface area contributed by atoms with Crippen LogP contribution in [0.4, 0.5) is 0 Å². The van der Waals surface area contributed by atoms with Gasteiger partial charge >= 0.3 is 0 Å². The van der Waals surface area contributed by atoms with Crippen LogP contribution in [0.5, 0.6) is 5.75 Å². The van der Waals surface area contributed by atoms with E-state index >= 15 is 0 Å². The largest absolute Gasteiger partial charge is 0.494 e. The molecule has 100 valence electrons. The molecule has 1 unspecified atom stereocenters. The van der Waals surface area contributed by atoms with Gasteiger partial charge in [0.05, 0.1) is 12.6 Å². The van der Waals surface area contributed by atoms with Gasteiger partial charge in [0.25, 0.3) is 0 Å². The molecule has 0 saturated heterocycles. The molecule has 0 aliphatic heterocycles. The Morgan fingerprint density at radius 2 is 1.95 bits per heavy atom. The van der Waals surface area contributed by atoms with Crippen LogP contribution in [0, 0.1) is 0 Å². The summed E-state index contributed by atoms with van der Waals surface area (Å²) in [5.74, 6) is 0.849. The predicted octanol–water partition coefficient (Wildman–Crippen LogP) is 4.66. The Labute approximate surface area is 130 Å². The lowest BCUT2D eigenvalue weighted by Gasteiger charge is -2.16. The van der Waals surface area contributed by atoms with E-state index in [1.807, 2.05) is 49.4 Å². The van der Waals surface area contributed by atoms with Crippen LogP contribution in [0.2, 0.25) is 0 Å². The Bertz CT molecular complexity index is 572. The zero-order chi connectivity index (χ0) is 13.8. The first kappa shape index (κ1) is 14.6. The number of hydrogen-bond donors (Lipinski definition) is 1. The fourth-order valence-electron chi connectivity index (χ4n) is 1.90. The van der Waals surface area contributed by atoms with E-state index in [9.17, 15) is 0 Å². The molecule has 2 nitrogen and oxygen atoms in total. The van der Waals surface area contributed by atoms with Gasteiger partial charge in [-0.05, 0) is 48.4 Å². The minimum absolute atomic E-state index is 0.188. The van der Waals surface area contributed by atoms with Crippen LogP contribution in [-0.4, -0.2) is 6.61 Å². The molecule has 2 N–H and O–H groups in total. The van der Waals surface area contributed by atoms with Crippen molar-refractivity contribution in [3.05, 3.63) is 62.5 Å². The Hall–Kier alpha value is -0.840. The van der Waals surface area contributed by atoms with Gasteiger partial charge in [-0.25, -0.2) is 0 Å². The molecule has 0 aromatic heterocycles. The van der Waals surface area contributed by atoms with Crippen molar-refractivity contribution in [2.24, 2.45) is 5.73 Å². The van der Waals surface area contributed by atoms with Crippen LogP contribution < -0.4 is 10.5 Å². The smallest absolute Gasteiger partial charge is 0.119 e. The van der Waals surface area contributed by atoms with Crippen LogP contribution in [0.1, 0.15) is 24.1 Å². The molecule has 2 rings (SSSR count). The fourth-order valence-corrected chi connectivity index (χ4v) is 2.77. The van der Waals surface area contributed by atoms with Gasteiger partial charge in [0.1, 0.15) is 5.75 Å². The number of rotatable bonds is 4. The first-order valence-corrected chi connectivity index (χ1v) is 7.63. The highest BCUT2D eigenvalue weighted by Crippen LogP contribution is 2.30. The number of ether oxygens (including phenoxy) is 1. The summed E-state index contributed by atoms with van der Waals surface area (Å²) in [7, 11) is 0. The summed E-state index contributed by atoms with van der Waals surface area (Å²) in [5.41, 5.74) is 8.42. The monoisotopic (exact) mass is 383 g/mol. The number of benzene rings is 2. The lowest BCUT2D eigenvalue weighted by atomic mass is 9.99. The molecule has 0 heterocycles. The van der Waals surface area contributed by atoms with Crippen molar-refractivity contribution in [1.29, 1.82) is 0 Å². The van der Waals surface area contributed by atoms with Crippen molar-refractivity contribution in [2.75, 3.05) is 6.61 Å². The molecular formula is C15H15Br2NO. The lowest BCUT2D eigenvalue weighted by Crippen LogP contribution is -2.12. The maximum absolute atomic E-state index is 6.34. The molecule has 0 spiro atoms. The zero-order valence-corrected chi connectivity index (χ0v) is 13.7. The van der Waals surface area contributed by atoms with Crippen LogP contribution in [0.15, 0.2) is 51.4 Å². The third-order valence-electron chi connectivity index (χ3n) is 2.82. The molecule has 0 aliphatic rings. The highest BCUT2D eigenvalue weighted by atomic mass is 79.9. The molecule has 0 saturated carbocycles. The molecule has 4 heteroatoms. The van der Waals surface area contributed by atoms with E-state index in [2.05, 4.69) is 31.9 Å². The van der Waals surface area contributed by atoms with Gasteiger partial charge in [-0.1, -0.05) is 44.0 Å². The first-order valence-electron chi connectivity index (χ1n) is 6.05. The molecule has 0 aliphatic carbocycles. The van der Waals surface area contributed by atoms with Crippen molar-refractivity contribution >= 4 is 31.9 Å². The van der Waals surface area contributed by atoms with E-state index in [1.54, 1.807) is 0 Å². The average molecular weight is 385 g/mol. The van der Waals surface area contributed by atoms with Gasteiger partial charge in [-0.2, -0.15) is 0 Å². The second kappa shape index (κ2) is 6.55. The van der Waals surface area contributed by atoms with Crippen molar-refractivity contribution in [1.82, 2.24) is 0 Å².